The van der Waals surface area contributed by atoms with Gasteiger partial charge in [0.2, 0.25) is 0 Å². The minimum atomic E-state index is -0.594. The normalized spacial score (nSPS) is 14.0. The van der Waals surface area contributed by atoms with E-state index in [1.54, 1.807) is 40.0 Å². The molecule has 0 bridgehead atoms. The van der Waals surface area contributed by atoms with Gasteiger partial charge in [0.1, 0.15) is 12.2 Å². The maximum atomic E-state index is 11.7. The van der Waals surface area contributed by atoms with Crippen LogP contribution in [0.25, 0.3) is 0 Å². The lowest BCUT2D eigenvalue weighted by atomic mass is 10.1. The molecule has 2 rings (SSSR count). The molecule has 0 radical (unpaired) electrons. The number of hydrogen-bond acceptors (Lipinski definition) is 6. The highest BCUT2D eigenvalue weighted by molar-refractivity contribution is 5.86. The second-order valence-electron chi connectivity index (χ2n) is 6.60. The molecule has 0 saturated heterocycles. The van der Waals surface area contributed by atoms with E-state index in [9.17, 15) is 14.9 Å². The van der Waals surface area contributed by atoms with Gasteiger partial charge < -0.3 is 14.8 Å². The van der Waals surface area contributed by atoms with Gasteiger partial charge in [-0.3, -0.25) is 15.1 Å². The maximum Gasteiger partial charge on any atom is 0.407 e. The highest BCUT2D eigenvalue weighted by Crippen LogP contribution is 2.32. The average molecular weight is 335 g/mol. The number of alkyl carbamates (subject to hydrolysis) is 1. The van der Waals surface area contributed by atoms with Crippen LogP contribution in [0.2, 0.25) is 0 Å². The summed E-state index contributed by atoms with van der Waals surface area (Å²) in [6.45, 7) is 7.60. The summed E-state index contributed by atoms with van der Waals surface area (Å²) in [5.74, 6) is 0.169. The summed E-state index contributed by atoms with van der Waals surface area (Å²) in [6.07, 6.45) is 1.05. The average Bonchev–Trinajstić information content (AvgIpc) is 2.88. The molecule has 0 aromatic heterocycles. The van der Waals surface area contributed by atoms with Crippen molar-refractivity contribution in [3.8, 4) is 5.75 Å². The molecule has 1 atom stereocenters. The number of nitrogens with one attached hydrogen (secondary N) is 1. The van der Waals surface area contributed by atoms with Gasteiger partial charge in [0, 0.05) is 17.8 Å². The first-order valence-corrected chi connectivity index (χ1v) is 7.59. The van der Waals surface area contributed by atoms with Crippen molar-refractivity contribution in [1.29, 1.82) is 0 Å². The van der Waals surface area contributed by atoms with Crippen molar-refractivity contribution in [3.05, 3.63) is 33.4 Å². The van der Waals surface area contributed by atoms with Crippen LogP contribution in [0.15, 0.2) is 17.1 Å². The highest BCUT2D eigenvalue weighted by Gasteiger charge is 2.22. The molecule has 0 aliphatic carbocycles. The molecule has 1 heterocycles. The number of aliphatic imine (C=N–C) groups is 1. The van der Waals surface area contributed by atoms with Crippen LogP contribution in [0, 0.1) is 10.1 Å². The topological polar surface area (TPSA) is 103 Å². The van der Waals surface area contributed by atoms with E-state index < -0.39 is 16.6 Å². The fourth-order valence-corrected chi connectivity index (χ4v) is 2.15. The number of carbonyl (C=O) groups is 1. The number of ether oxygens (including phenoxy) is 2. The van der Waals surface area contributed by atoms with Crippen molar-refractivity contribution < 1.29 is 19.2 Å². The van der Waals surface area contributed by atoms with E-state index in [2.05, 4.69) is 10.3 Å². The number of carbonyl (C=O) groups excluding carboxylic acids is 1. The Morgan fingerprint density at radius 3 is 2.79 bits per heavy atom. The van der Waals surface area contributed by atoms with Crippen molar-refractivity contribution in [1.82, 2.24) is 5.32 Å². The summed E-state index contributed by atoms with van der Waals surface area (Å²) in [6, 6.07) is 2.71. The monoisotopic (exact) mass is 335 g/mol. The molecule has 1 amide bonds. The van der Waals surface area contributed by atoms with E-state index in [1.807, 2.05) is 0 Å². The Kier molecular flexibility index (Phi) is 5.06. The van der Waals surface area contributed by atoms with Crippen molar-refractivity contribution >= 4 is 18.0 Å². The highest BCUT2D eigenvalue weighted by atomic mass is 16.6. The third-order valence-corrected chi connectivity index (χ3v) is 3.16. The lowest BCUT2D eigenvalue weighted by molar-refractivity contribution is -0.385. The summed E-state index contributed by atoms with van der Waals surface area (Å²) in [4.78, 5) is 26.5. The van der Waals surface area contributed by atoms with Crippen LogP contribution in [0.4, 0.5) is 10.5 Å². The van der Waals surface area contributed by atoms with Crippen LogP contribution in [-0.4, -0.2) is 35.5 Å². The zero-order chi connectivity index (χ0) is 17.9. The van der Waals surface area contributed by atoms with Gasteiger partial charge in [-0.1, -0.05) is 0 Å². The maximum absolute atomic E-state index is 11.7. The zero-order valence-electron chi connectivity index (χ0n) is 14.2. The third-order valence-electron chi connectivity index (χ3n) is 3.16. The second-order valence-corrected chi connectivity index (χ2v) is 6.60. The van der Waals surface area contributed by atoms with Gasteiger partial charge in [-0.05, 0) is 39.3 Å². The predicted octanol–water partition coefficient (Wildman–Crippen LogP) is 2.82. The summed E-state index contributed by atoms with van der Waals surface area (Å²) < 4.78 is 10.7. The first-order chi connectivity index (χ1) is 11.2. The Bertz CT molecular complexity index is 679. The smallest absolute Gasteiger partial charge is 0.407 e. The molecule has 1 aliphatic rings. The number of nitro benzene ring substituents is 1. The number of rotatable bonds is 5. The number of nitrogens with zero attached hydrogens (tertiary/aromatic N) is 2. The van der Waals surface area contributed by atoms with E-state index in [0.717, 1.165) is 11.1 Å². The van der Waals surface area contributed by atoms with Crippen molar-refractivity contribution in [2.75, 3.05) is 6.61 Å². The molecule has 1 N–H and O–H groups in total. The van der Waals surface area contributed by atoms with Gasteiger partial charge in [-0.2, -0.15) is 0 Å². The summed E-state index contributed by atoms with van der Waals surface area (Å²) in [5, 5.41) is 13.8. The summed E-state index contributed by atoms with van der Waals surface area (Å²) >= 11 is 0. The zero-order valence-corrected chi connectivity index (χ0v) is 14.2. The number of amides is 1. The quantitative estimate of drug-likeness (QED) is 0.658. The predicted molar refractivity (Wildman–Crippen MR) is 88.7 cm³/mol. The van der Waals surface area contributed by atoms with Crippen molar-refractivity contribution in [3.63, 3.8) is 0 Å². The fourth-order valence-electron chi connectivity index (χ4n) is 2.15. The molecule has 24 heavy (non-hydrogen) atoms. The Morgan fingerprint density at radius 1 is 1.46 bits per heavy atom. The Morgan fingerprint density at radius 2 is 2.17 bits per heavy atom. The molecule has 8 heteroatoms. The summed E-state index contributed by atoms with van der Waals surface area (Å²) in [5.41, 5.74) is 0.896. The standard InChI is InChI=1S/C16H21N3O5/c1-10(18-15(20)24-16(2,3)4)9-23-14-6-12-8-17-7-11(12)5-13(14)19(21)22/h5-7,10H,8-9H2,1-4H3,(H,18,20)/t10-/m0/s1. The summed E-state index contributed by atoms with van der Waals surface area (Å²) in [7, 11) is 0. The van der Waals surface area contributed by atoms with Gasteiger partial charge in [-0.15, -0.1) is 0 Å². The molecule has 1 aromatic rings. The molecular formula is C16H21N3O5. The first kappa shape index (κ1) is 17.7. The van der Waals surface area contributed by atoms with Gasteiger partial charge in [-0.25, -0.2) is 4.79 Å². The van der Waals surface area contributed by atoms with E-state index >= 15 is 0 Å². The molecule has 8 nitrogen and oxygen atoms in total. The lowest BCUT2D eigenvalue weighted by Gasteiger charge is -2.22. The number of nitro groups is 1. The molecule has 1 aliphatic heterocycles. The van der Waals surface area contributed by atoms with Crippen LogP contribution < -0.4 is 10.1 Å². The largest absolute Gasteiger partial charge is 0.485 e. The Labute approximate surface area is 140 Å². The van der Waals surface area contributed by atoms with Crippen LogP contribution >= 0.6 is 0 Å². The minimum absolute atomic E-state index is 0.0831. The van der Waals surface area contributed by atoms with Crippen molar-refractivity contribution in [2.24, 2.45) is 4.99 Å². The molecule has 130 valence electrons. The molecule has 0 unspecified atom stereocenters. The SMILES string of the molecule is C[C@@H](COc1cc2c(cc1[N+](=O)[O-])C=NC2)NC(=O)OC(C)(C)C. The minimum Gasteiger partial charge on any atom is -0.485 e. The molecule has 1 aromatic carbocycles. The molecule has 0 fully saturated rings. The van der Waals surface area contributed by atoms with Crippen LogP contribution in [-0.2, 0) is 11.3 Å². The van der Waals surface area contributed by atoms with Gasteiger partial charge >= 0.3 is 11.8 Å². The van der Waals surface area contributed by atoms with Crippen LogP contribution in [0.3, 0.4) is 0 Å². The number of fused-ring (bicyclic) bond motifs is 1. The van der Waals surface area contributed by atoms with E-state index in [4.69, 9.17) is 9.47 Å². The Balaban J connectivity index is 1.99. The van der Waals surface area contributed by atoms with Crippen LogP contribution in [0.5, 0.6) is 5.75 Å². The number of hydrogen-bond donors (Lipinski definition) is 1. The molecule has 0 saturated carbocycles. The van der Waals surface area contributed by atoms with E-state index in [-0.39, 0.29) is 24.1 Å². The Hall–Kier alpha value is -2.64. The third kappa shape index (κ3) is 4.68. The molecular weight excluding hydrogens is 314 g/mol. The number of benzene rings is 1. The van der Waals surface area contributed by atoms with Crippen molar-refractivity contribution in [2.45, 2.75) is 45.9 Å². The fraction of sp³-hybridized carbons (Fsp3) is 0.500. The molecule has 0 spiro atoms. The van der Waals surface area contributed by atoms with Gasteiger partial charge in [0.25, 0.3) is 0 Å². The van der Waals surface area contributed by atoms with E-state index in [0.29, 0.717) is 6.54 Å². The first-order valence-electron chi connectivity index (χ1n) is 7.59. The lowest BCUT2D eigenvalue weighted by Crippen LogP contribution is -2.40. The van der Waals surface area contributed by atoms with Crippen LogP contribution in [0.1, 0.15) is 38.8 Å². The van der Waals surface area contributed by atoms with Gasteiger partial charge in [0.05, 0.1) is 17.5 Å². The second kappa shape index (κ2) is 6.86. The van der Waals surface area contributed by atoms with E-state index in [1.165, 1.54) is 6.07 Å². The van der Waals surface area contributed by atoms with Gasteiger partial charge in [0.15, 0.2) is 5.75 Å².